The number of aromatic nitrogens is 2. The maximum absolute atomic E-state index is 12.8. The molecule has 3 nitrogen and oxygen atoms in total. The van der Waals surface area contributed by atoms with Gasteiger partial charge in [0.25, 0.3) is 0 Å². The number of benzene rings is 2. The van der Waals surface area contributed by atoms with E-state index in [2.05, 4.69) is 33.0 Å². The van der Waals surface area contributed by atoms with Crippen LogP contribution in [0.25, 0.3) is 16.9 Å². The van der Waals surface area contributed by atoms with E-state index in [1.54, 1.807) is 0 Å². The van der Waals surface area contributed by atoms with Crippen molar-refractivity contribution >= 4 is 28.4 Å². The molecule has 2 heterocycles. The molecule has 0 unspecified atom stereocenters. The zero-order valence-electron chi connectivity index (χ0n) is 12.9. The molecule has 128 valence electrons. The quantitative estimate of drug-likeness (QED) is 0.544. The monoisotopic (exact) mass is 455 g/mol. The lowest BCUT2D eigenvalue weighted by Crippen LogP contribution is -2.05. The fourth-order valence-corrected chi connectivity index (χ4v) is 3.35. The van der Waals surface area contributed by atoms with Crippen LogP contribution in [-0.2, 0) is 12.6 Å². The summed E-state index contributed by atoms with van der Waals surface area (Å²) in [4.78, 5) is 0. The Kier molecular flexibility index (Phi) is 3.98. The topological polar surface area (TPSA) is 29.9 Å². The molecular formula is C18H13F3IN3. The highest BCUT2D eigenvalue weighted by molar-refractivity contribution is 14.1. The summed E-state index contributed by atoms with van der Waals surface area (Å²) in [5.74, 6) is 0.913. The van der Waals surface area contributed by atoms with Gasteiger partial charge in [-0.25, -0.2) is 4.68 Å². The van der Waals surface area contributed by atoms with Gasteiger partial charge in [-0.2, -0.15) is 18.3 Å². The Morgan fingerprint density at radius 3 is 2.32 bits per heavy atom. The molecule has 0 saturated carbocycles. The third kappa shape index (κ3) is 3.01. The van der Waals surface area contributed by atoms with Crippen LogP contribution in [0.5, 0.6) is 0 Å². The van der Waals surface area contributed by atoms with Gasteiger partial charge in [-0.1, -0.05) is 12.1 Å². The molecule has 0 fully saturated rings. The fraction of sp³-hybridized carbons (Fsp3) is 0.167. The number of nitrogens with one attached hydrogen (secondary N) is 1. The van der Waals surface area contributed by atoms with Crippen molar-refractivity contribution in [2.75, 3.05) is 11.9 Å². The zero-order valence-corrected chi connectivity index (χ0v) is 15.1. The maximum atomic E-state index is 12.8. The van der Waals surface area contributed by atoms with Crippen LogP contribution >= 0.6 is 22.6 Å². The average Bonchev–Trinajstić information content (AvgIpc) is 3.17. The molecule has 7 heteroatoms. The normalized spacial score (nSPS) is 13.6. The second-order valence-electron chi connectivity index (χ2n) is 5.82. The summed E-state index contributed by atoms with van der Waals surface area (Å²) < 4.78 is 41.3. The number of hydrogen-bond acceptors (Lipinski definition) is 2. The van der Waals surface area contributed by atoms with Gasteiger partial charge in [0, 0.05) is 21.2 Å². The van der Waals surface area contributed by atoms with Crippen molar-refractivity contribution in [2.45, 2.75) is 12.6 Å². The van der Waals surface area contributed by atoms with E-state index in [9.17, 15) is 13.2 Å². The second kappa shape index (κ2) is 6.05. The molecule has 1 aliphatic rings. The molecule has 0 aliphatic carbocycles. The van der Waals surface area contributed by atoms with Crippen LogP contribution in [-0.4, -0.2) is 16.3 Å². The summed E-state index contributed by atoms with van der Waals surface area (Å²) in [6.07, 6.45) is -3.53. The molecule has 0 bridgehead atoms. The van der Waals surface area contributed by atoms with Gasteiger partial charge in [-0.05, 0) is 65.4 Å². The molecule has 4 rings (SSSR count). The van der Waals surface area contributed by atoms with E-state index >= 15 is 0 Å². The summed E-state index contributed by atoms with van der Waals surface area (Å²) in [5.41, 5.74) is 2.73. The van der Waals surface area contributed by atoms with E-state index in [4.69, 9.17) is 0 Å². The molecule has 1 aromatic heterocycles. The molecule has 1 N–H and O–H groups in total. The summed E-state index contributed by atoms with van der Waals surface area (Å²) in [5, 5.41) is 7.99. The number of nitrogens with zero attached hydrogens (tertiary/aromatic N) is 2. The highest BCUT2D eigenvalue weighted by atomic mass is 127. The lowest BCUT2D eigenvalue weighted by molar-refractivity contribution is -0.137. The molecule has 25 heavy (non-hydrogen) atoms. The Bertz CT molecular complexity index is 912. The van der Waals surface area contributed by atoms with E-state index < -0.39 is 11.7 Å². The largest absolute Gasteiger partial charge is 0.416 e. The second-order valence-corrected chi connectivity index (χ2v) is 7.06. The summed E-state index contributed by atoms with van der Waals surface area (Å²) in [6.45, 7) is 0.797. The smallest absolute Gasteiger partial charge is 0.369 e. The molecule has 0 atom stereocenters. The van der Waals surface area contributed by atoms with Gasteiger partial charge in [0.15, 0.2) is 0 Å². The number of hydrogen-bond donors (Lipinski definition) is 1. The first kappa shape index (κ1) is 16.4. The highest BCUT2D eigenvalue weighted by Crippen LogP contribution is 2.36. The van der Waals surface area contributed by atoms with Gasteiger partial charge >= 0.3 is 6.18 Å². The van der Waals surface area contributed by atoms with Crippen molar-refractivity contribution in [3.8, 4) is 16.9 Å². The molecule has 2 aromatic carbocycles. The SMILES string of the molecule is FC(F)(F)c1ccc(-c2nn(-c3ccc(I)cc3)c3c2CCN3)cc1. The van der Waals surface area contributed by atoms with Gasteiger partial charge in [0.1, 0.15) is 5.82 Å². The molecule has 0 spiro atoms. The first-order valence-corrected chi connectivity index (χ1v) is 8.81. The van der Waals surface area contributed by atoms with E-state index in [0.717, 1.165) is 51.4 Å². The first-order valence-electron chi connectivity index (χ1n) is 7.73. The molecule has 0 saturated heterocycles. The Hall–Kier alpha value is -2.03. The van der Waals surface area contributed by atoms with Gasteiger partial charge in [0.05, 0.1) is 16.9 Å². The van der Waals surface area contributed by atoms with Gasteiger partial charge < -0.3 is 5.32 Å². The number of anilines is 1. The van der Waals surface area contributed by atoms with E-state index in [-0.39, 0.29) is 0 Å². The van der Waals surface area contributed by atoms with Crippen LogP contribution in [0.4, 0.5) is 19.0 Å². The average molecular weight is 455 g/mol. The predicted octanol–water partition coefficient (Wildman–Crippen LogP) is 5.13. The highest BCUT2D eigenvalue weighted by Gasteiger charge is 2.30. The minimum atomic E-state index is -4.33. The first-order chi connectivity index (χ1) is 11.9. The van der Waals surface area contributed by atoms with Crippen LogP contribution in [0.1, 0.15) is 11.1 Å². The molecule has 3 aromatic rings. The Labute approximate surface area is 156 Å². The van der Waals surface area contributed by atoms with Crippen LogP contribution in [0.2, 0.25) is 0 Å². The van der Waals surface area contributed by atoms with Gasteiger partial charge in [-0.15, -0.1) is 0 Å². The van der Waals surface area contributed by atoms with E-state index in [1.165, 1.54) is 12.1 Å². The van der Waals surface area contributed by atoms with E-state index in [0.29, 0.717) is 5.56 Å². The van der Waals surface area contributed by atoms with Crippen LogP contribution in [0, 0.1) is 3.57 Å². The molecule has 1 aliphatic heterocycles. The van der Waals surface area contributed by atoms with Crippen molar-refractivity contribution in [3.05, 3.63) is 63.2 Å². The van der Waals surface area contributed by atoms with Crippen molar-refractivity contribution in [3.63, 3.8) is 0 Å². The zero-order chi connectivity index (χ0) is 17.6. The van der Waals surface area contributed by atoms with Crippen molar-refractivity contribution in [1.82, 2.24) is 9.78 Å². The van der Waals surface area contributed by atoms with Crippen molar-refractivity contribution < 1.29 is 13.2 Å². The van der Waals surface area contributed by atoms with Crippen LogP contribution in [0.3, 0.4) is 0 Å². The van der Waals surface area contributed by atoms with E-state index in [1.807, 2.05) is 28.9 Å². The Morgan fingerprint density at radius 2 is 1.68 bits per heavy atom. The van der Waals surface area contributed by atoms with Gasteiger partial charge in [-0.3, -0.25) is 0 Å². The third-order valence-electron chi connectivity index (χ3n) is 4.21. The summed E-state index contributed by atoms with van der Waals surface area (Å²) in [7, 11) is 0. The number of alkyl halides is 3. The van der Waals surface area contributed by atoms with Crippen LogP contribution in [0.15, 0.2) is 48.5 Å². The molecule has 0 amide bonds. The molecular weight excluding hydrogens is 442 g/mol. The molecule has 0 radical (unpaired) electrons. The summed E-state index contributed by atoms with van der Waals surface area (Å²) in [6, 6.07) is 13.1. The summed E-state index contributed by atoms with van der Waals surface area (Å²) >= 11 is 2.24. The predicted molar refractivity (Wildman–Crippen MR) is 98.9 cm³/mol. The number of fused-ring (bicyclic) bond motifs is 1. The van der Waals surface area contributed by atoms with Crippen molar-refractivity contribution in [2.24, 2.45) is 0 Å². The Morgan fingerprint density at radius 1 is 1.00 bits per heavy atom. The Balaban J connectivity index is 1.79. The minimum absolute atomic E-state index is 0.650. The number of halogens is 4. The lowest BCUT2D eigenvalue weighted by Gasteiger charge is -2.07. The maximum Gasteiger partial charge on any atom is 0.416 e. The van der Waals surface area contributed by atoms with Gasteiger partial charge in [0.2, 0.25) is 0 Å². The number of rotatable bonds is 2. The van der Waals surface area contributed by atoms with Crippen molar-refractivity contribution in [1.29, 1.82) is 0 Å². The lowest BCUT2D eigenvalue weighted by atomic mass is 10.0. The standard InChI is InChI=1S/C18H13F3IN3/c19-18(20,21)12-3-1-11(2-4-12)16-15-9-10-23-17(15)25(24-16)14-7-5-13(22)6-8-14/h1-8,23H,9-10H2. The fourth-order valence-electron chi connectivity index (χ4n) is 2.99. The third-order valence-corrected chi connectivity index (χ3v) is 4.93. The minimum Gasteiger partial charge on any atom is -0.369 e. The van der Waals surface area contributed by atoms with Crippen LogP contribution < -0.4 is 5.32 Å².